The number of hydrogen-bond acceptors (Lipinski definition) is 2. The van der Waals surface area contributed by atoms with Gasteiger partial charge in [-0.25, -0.2) is 0 Å². The predicted molar refractivity (Wildman–Crippen MR) is 54.4 cm³/mol. The van der Waals surface area contributed by atoms with Crippen molar-refractivity contribution in [2.45, 2.75) is 49.0 Å². The lowest BCUT2D eigenvalue weighted by atomic mass is 10.0. The van der Waals surface area contributed by atoms with Crippen molar-refractivity contribution in [3.63, 3.8) is 0 Å². The zero-order valence-corrected chi connectivity index (χ0v) is 10.1. The number of hydrogen-bond donors (Lipinski definition) is 0. The van der Waals surface area contributed by atoms with Gasteiger partial charge in [-0.3, -0.25) is 0 Å². The molecule has 5 heteroatoms. The Morgan fingerprint density at radius 2 is 1.85 bits per heavy atom. The van der Waals surface area contributed by atoms with Crippen LogP contribution in [0.3, 0.4) is 0 Å². The third-order valence-electron chi connectivity index (χ3n) is 1.83. The summed E-state index contributed by atoms with van der Waals surface area (Å²) < 4.78 is 9.34. The summed E-state index contributed by atoms with van der Waals surface area (Å²) in [7, 11) is 0. The van der Waals surface area contributed by atoms with Crippen LogP contribution in [-0.2, 0) is 9.47 Å². The van der Waals surface area contributed by atoms with Crippen molar-refractivity contribution >= 4 is 34.8 Å². The van der Waals surface area contributed by atoms with Crippen LogP contribution >= 0.6 is 34.8 Å². The largest absolute Gasteiger partial charge is 0.345 e. The maximum atomic E-state index is 5.69. The SMILES string of the molecule is C[C@@H]1CC(C)(C)O[C@H](C(Cl)(Cl)Cl)O1. The van der Waals surface area contributed by atoms with Gasteiger partial charge in [0.25, 0.3) is 0 Å². The minimum Gasteiger partial charge on any atom is -0.345 e. The Hall–Kier alpha value is 0.790. The fourth-order valence-corrected chi connectivity index (χ4v) is 1.75. The molecule has 78 valence electrons. The quantitative estimate of drug-likeness (QED) is 0.612. The second kappa shape index (κ2) is 3.74. The van der Waals surface area contributed by atoms with Gasteiger partial charge >= 0.3 is 0 Å². The average Bonchev–Trinajstić information content (AvgIpc) is 1.79. The van der Waals surface area contributed by atoms with E-state index in [-0.39, 0.29) is 11.7 Å². The summed E-state index contributed by atoms with van der Waals surface area (Å²) in [5.41, 5.74) is -0.299. The Morgan fingerprint density at radius 3 is 2.23 bits per heavy atom. The maximum absolute atomic E-state index is 5.69. The monoisotopic (exact) mass is 246 g/mol. The zero-order chi connectivity index (χ0) is 10.3. The van der Waals surface area contributed by atoms with E-state index in [1.54, 1.807) is 0 Å². The highest BCUT2D eigenvalue weighted by molar-refractivity contribution is 6.67. The van der Waals surface area contributed by atoms with Gasteiger partial charge < -0.3 is 9.47 Å². The molecule has 0 N–H and O–H groups in total. The molecular weight excluding hydrogens is 234 g/mol. The third kappa shape index (κ3) is 3.45. The lowest BCUT2D eigenvalue weighted by Crippen LogP contribution is -2.48. The molecule has 2 atom stereocenters. The van der Waals surface area contributed by atoms with E-state index in [0.29, 0.717) is 0 Å². The molecule has 1 rings (SSSR count). The first-order chi connectivity index (χ1) is 5.71. The van der Waals surface area contributed by atoms with Gasteiger partial charge in [0, 0.05) is 6.42 Å². The summed E-state index contributed by atoms with van der Waals surface area (Å²) in [5, 5.41) is 0. The Labute approximate surface area is 93.4 Å². The summed E-state index contributed by atoms with van der Waals surface area (Å²) in [6.07, 6.45) is 0.0603. The van der Waals surface area contributed by atoms with Gasteiger partial charge in [-0.1, -0.05) is 34.8 Å². The summed E-state index contributed by atoms with van der Waals surface area (Å²) in [5.74, 6) is 0. The van der Waals surface area contributed by atoms with E-state index >= 15 is 0 Å². The highest BCUT2D eigenvalue weighted by atomic mass is 35.6. The molecule has 0 saturated carbocycles. The van der Waals surface area contributed by atoms with Crippen molar-refractivity contribution in [3.8, 4) is 0 Å². The van der Waals surface area contributed by atoms with E-state index in [1.807, 2.05) is 20.8 Å². The zero-order valence-electron chi connectivity index (χ0n) is 7.81. The molecule has 0 aromatic rings. The molecule has 0 radical (unpaired) electrons. The molecule has 0 amide bonds. The van der Waals surface area contributed by atoms with Crippen molar-refractivity contribution in [1.29, 1.82) is 0 Å². The average molecular weight is 248 g/mol. The Bertz CT molecular complexity index is 188. The number of rotatable bonds is 0. The minimum absolute atomic E-state index is 0.0457. The van der Waals surface area contributed by atoms with Gasteiger partial charge in [-0.15, -0.1) is 0 Å². The number of ether oxygens (including phenoxy) is 2. The van der Waals surface area contributed by atoms with E-state index in [0.717, 1.165) is 6.42 Å². The predicted octanol–water partition coefficient (Wildman–Crippen LogP) is 3.29. The molecule has 2 nitrogen and oxygen atoms in total. The normalized spacial score (nSPS) is 34.6. The maximum Gasteiger partial charge on any atom is 0.240 e. The molecule has 0 aliphatic carbocycles. The molecule has 1 heterocycles. The van der Waals surface area contributed by atoms with Crippen LogP contribution in [0.25, 0.3) is 0 Å². The van der Waals surface area contributed by atoms with Crippen LogP contribution < -0.4 is 0 Å². The standard InChI is InChI=1S/C8H13Cl3O2/c1-5-4-7(2,3)13-6(12-5)8(9,10)11/h5-6H,4H2,1-3H3/t5-,6-/m1/s1. The topological polar surface area (TPSA) is 18.5 Å². The van der Waals surface area contributed by atoms with Crippen LogP contribution in [-0.4, -0.2) is 21.8 Å². The van der Waals surface area contributed by atoms with Gasteiger partial charge in [0.05, 0.1) is 11.7 Å². The highest BCUT2D eigenvalue weighted by Gasteiger charge is 2.43. The second-order valence-electron chi connectivity index (χ2n) is 3.90. The van der Waals surface area contributed by atoms with E-state index < -0.39 is 10.1 Å². The molecule has 0 spiro atoms. The molecule has 0 unspecified atom stereocenters. The molecule has 0 bridgehead atoms. The van der Waals surface area contributed by atoms with Crippen molar-refractivity contribution < 1.29 is 9.47 Å². The highest BCUT2D eigenvalue weighted by Crippen LogP contribution is 2.39. The fraction of sp³-hybridized carbons (Fsp3) is 1.00. The lowest BCUT2D eigenvalue weighted by Gasteiger charge is -2.41. The van der Waals surface area contributed by atoms with Crippen LogP contribution in [0.15, 0.2) is 0 Å². The smallest absolute Gasteiger partial charge is 0.240 e. The fourth-order valence-electron chi connectivity index (χ4n) is 1.46. The van der Waals surface area contributed by atoms with Gasteiger partial charge in [0.15, 0.2) is 0 Å². The van der Waals surface area contributed by atoms with Crippen molar-refractivity contribution in [2.75, 3.05) is 0 Å². The summed E-state index contributed by atoms with van der Waals surface area (Å²) >= 11 is 17.1. The van der Waals surface area contributed by atoms with Gasteiger partial charge in [0.1, 0.15) is 0 Å². The first-order valence-corrected chi connectivity index (χ1v) is 5.24. The first-order valence-electron chi connectivity index (χ1n) is 4.11. The van der Waals surface area contributed by atoms with E-state index in [4.69, 9.17) is 44.3 Å². The van der Waals surface area contributed by atoms with E-state index in [9.17, 15) is 0 Å². The molecule has 1 aliphatic rings. The van der Waals surface area contributed by atoms with Crippen molar-refractivity contribution in [2.24, 2.45) is 0 Å². The molecule has 0 aromatic heterocycles. The Kier molecular flexibility index (Phi) is 3.42. The van der Waals surface area contributed by atoms with Gasteiger partial charge in [-0.05, 0) is 20.8 Å². The number of alkyl halides is 3. The van der Waals surface area contributed by atoms with Crippen LogP contribution in [0.2, 0.25) is 0 Å². The van der Waals surface area contributed by atoms with Crippen molar-refractivity contribution in [3.05, 3.63) is 0 Å². The molecule has 1 fully saturated rings. The summed E-state index contributed by atoms with van der Waals surface area (Å²) in [4.78, 5) is 0. The second-order valence-corrected chi connectivity index (χ2v) is 6.27. The molecule has 0 aromatic carbocycles. The van der Waals surface area contributed by atoms with Gasteiger partial charge in [-0.2, -0.15) is 0 Å². The Balaban J connectivity index is 2.69. The molecular formula is C8H13Cl3O2. The third-order valence-corrected chi connectivity index (χ3v) is 2.36. The Morgan fingerprint density at radius 1 is 1.31 bits per heavy atom. The van der Waals surface area contributed by atoms with Crippen LogP contribution in [0.1, 0.15) is 27.2 Å². The summed E-state index contributed by atoms with van der Waals surface area (Å²) in [6, 6.07) is 0. The van der Waals surface area contributed by atoms with Crippen LogP contribution in [0, 0.1) is 0 Å². The van der Waals surface area contributed by atoms with Crippen LogP contribution in [0.5, 0.6) is 0 Å². The molecule has 13 heavy (non-hydrogen) atoms. The van der Waals surface area contributed by atoms with Crippen LogP contribution in [0.4, 0.5) is 0 Å². The lowest BCUT2D eigenvalue weighted by molar-refractivity contribution is -0.266. The van der Waals surface area contributed by atoms with Crippen molar-refractivity contribution in [1.82, 2.24) is 0 Å². The van der Waals surface area contributed by atoms with E-state index in [2.05, 4.69) is 0 Å². The van der Waals surface area contributed by atoms with E-state index in [1.165, 1.54) is 0 Å². The summed E-state index contributed by atoms with van der Waals surface area (Å²) in [6.45, 7) is 5.85. The first kappa shape index (κ1) is 11.9. The van der Waals surface area contributed by atoms with Gasteiger partial charge in [0.2, 0.25) is 10.1 Å². The minimum atomic E-state index is -1.52. The molecule has 1 saturated heterocycles. The number of halogens is 3. The molecule has 1 aliphatic heterocycles.